The molecule has 1 saturated heterocycles. The lowest BCUT2D eigenvalue weighted by Gasteiger charge is -2.40. The molecule has 1 unspecified atom stereocenters. The van der Waals surface area contributed by atoms with E-state index in [1.54, 1.807) is 19.2 Å². The first-order valence-electron chi connectivity index (χ1n) is 11.6. The maximum Gasteiger partial charge on any atom is 0.229 e. The minimum atomic E-state index is -1.68. The number of Topliss-reactive ketones (excluding diaryl/α,β-unsaturated/α-hetero) is 1. The molecule has 2 aromatic carbocycles. The van der Waals surface area contributed by atoms with Gasteiger partial charge >= 0.3 is 0 Å². The summed E-state index contributed by atoms with van der Waals surface area (Å²) >= 11 is 0. The fourth-order valence-electron chi connectivity index (χ4n) is 3.95. The van der Waals surface area contributed by atoms with Crippen molar-refractivity contribution in [3.8, 4) is 11.5 Å². The number of ketones is 1. The Morgan fingerprint density at radius 3 is 2.38 bits per heavy atom. The van der Waals surface area contributed by atoms with Gasteiger partial charge in [-0.2, -0.15) is 0 Å². The van der Waals surface area contributed by atoms with Gasteiger partial charge in [0.2, 0.25) is 6.29 Å². The summed E-state index contributed by atoms with van der Waals surface area (Å²) in [5.41, 5.74) is 1.80. The van der Waals surface area contributed by atoms with Gasteiger partial charge in [0.05, 0.1) is 7.11 Å². The molecule has 0 bridgehead atoms. The Morgan fingerprint density at radius 2 is 1.71 bits per heavy atom. The first-order chi connectivity index (χ1) is 16.3. The minimum absolute atomic E-state index is 0.230. The molecule has 1 aliphatic heterocycles. The van der Waals surface area contributed by atoms with Crippen LogP contribution in [-0.4, -0.2) is 70.1 Å². The molecule has 6 atom stereocenters. The summed E-state index contributed by atoms with van der Waals surface area (Å²) in [4.78, 5) is 12.7. The molecule has 0 aliphatic carbocycles. The third kappa shape index (κ3) is 6.34. The van der Waals surface area contributed by atoms with Crippen molar-refractivity contribution in [3.63, 3.8) is 0 Å². The Hall–Kier alpha value is -2.49. The number of hydrogen-bond acceptors (Lipinski definition) is 8. The van der Waals surface area contributed by atoms with Crippen LogP contribution in [0.4, 0.5) is 0 Å². The molecule has 8 heteroatoms. The summed E-state index contributed by atoms with van der Waals surface area (Å²) in [7, 11) is 1.60. The summed E-state index contributed by atoms with van der Waals surface area (Å²) in [5.74, 6) is 0.405. The van der Waals surface area contributed by atoms with Crippen LogP contribution in [0.15, 0.2) is 48.5 Å². The van der Waals surface area contributed by atoms with Crippen molar-refractivity contribution in [3.05, 3.63) is 59.7 Å². The number of aliphatic hydroxyl groups is 4. The van der Waals surface area contributed by atoms with Gasteiger partial charge in [-0.3, -0.25) is 4.79 Å². The van der Waals surface area contributed by atoms with Crippen molar-refractivity contribution >= 4 is 5.78 Å². The molecule has 4 N–H and O–H groups in total. The summed E-state index contributed by atoms with van der Waals surface area (Å²) in [6.45, 7) is 2.01. The molecule has 0 aromatic heterocycles. The average molecular weight is 475 g/mol. The number of carbonyl (C=O) groups is 1. The second kappa shape index (κ2) is 12.3. The molecule has 1 aliphatic rings. The first-order valence-corrected chi connectivity index (χ1v) is 11.6. The second-order valence-corrected chi connectivity index (χ2v) is 8.56. The zero-order valence-electron chi connectivity index (χ0n) is 19.5. The molecule has 0 radical (unpaired) electrons. The van der Waals surface area contributed by atoms with Gasteiger partial charge < -0.3 is 34.6 Å². The highest BCUT2D eigenvalue weighted by molar-refractivity contribution is 5.88. The predicted molar refractivity (Wildman–Crippen MR) is 125 cm³/mol. The first kappa shape index (κ1) is 26.1. The van der Waals surface area contributed by atoms with E-state index < -0.39 is 42.6 Å². The van der Waals surface area contributed by atoms with E-state index >= 15 is 0 Å². The molecule has 0 amide bonds. The number of methoxy groups -OCH3 is 1. The van der Waals surface area contributed by atoms with Crippen LogP contribution < -0.4 is 9.47 Å². The molecule has 34 heavy (non-hydrogen) atoms. The smallest absolute Gasteiger partial charge is 0.229 e. The Kier molecular flexibility index (Phi) is 9.44. The summed E-state index contributed by atoms with van der Waals surface area (Å²) in [6.07, 6.45) is -6.03. The maximum absolute atomic E-state index is 12.7. The third-order valence-corrected chi connectivity index (χ3v) is 6.03. The van der Waals surface area contributed by atoms with Crippen molar-refractivity contribution in [2.75, 3.05) is 7.11 Å². The Balaban J connectivity index is 1.74. The van der Waals surface area contributed by atoms with E-state index in [-0.39, 0.29) is 6.42 Å². The van der Waals surface area contributed by atoms with Gasteiger partial charge in [-0.15, -0.1) is 0 Å². The van der Waals surface area contributed by atoms with Gasteiger partial charge in [-0.05, 0) is 35.7 Å². The topological polar surface area (TPSA) is 126 Å². The normalized spacial score (nSPS) is 25.5. The van der Waals surface area contributed by atoms with Gasteiger partial charge in [0.1, 0.15) is 35.9 Å². The van der Waals surface area contributed by atoms with E-state index in [0.717, 1.165) is 29.7 Å². The fourth-order valence-corrected chi connectivity index (χ4v) is 3.95. The van der Waals surface area contributed by atoms with Crippen LogP contribution in [0.5, 0.6) is 11.5 Å². The summed E-state index contributed by atoms with van der Waals surface area (Å²) < 4.78 is 16.7. The number of rotatable bonds is 11. The number of unbranched alkanes of at least 4 members (excludes halogenated alkanes) is 2. The maximum atomic E-state index is 12.7. The van der Waals surface area contributed by atoms with Crippen molar-refractivity contribution in [2.24, 2.45) is 0 Å². The number of benzene rings is 2. The van der Waals surface area contributed by atoms with E-state index in [4.69, 9.17) is 14.2 Å². The van der Waals surface area contributed by atoms with E-state index in [2.05, 4.69) is 0 Å². The number of carbonyl (C=O) groups excluding carboxylic acids is 1. The molecule has 0 saturated carbocycles. The molecule has 186 valence electrons. The SMILES string of the molecule is CCCCCC(O)C(=O)[C@H]1O[C@H](Oc2ccccc2Cc2ccc(OC)cc2)[C@H](O)[C@@H](O)[C@@H]1O. The molecule has 8 nitrogen and oxygen atoms in total. The quantitative estimate of drug-likeness (QED) is 0.364. The van der Waals surface area contributed by atoms with E-state index in [1.807, 2.05) is 43.3 Å². The van der Waals surface area contributed by atoms with Gasteiger partial charge in [0.25, 0.3) is 0 Å². The largest absolute Gasteiger partial charge is 0.497 e. The Morgan fingerprint density at radius 1 is 1.00 bits per heavy atom. The van der Waals surface area contributed by atoms with Gasteiger partial charge in [-0.25, -0.2) is 0 Å². The molecular weight excluding hydrogens is 440 g/mol. The van der Waals surface area contributed by atoms with E-state index in [1.165, 1.54) is 0 Å². The van der Waals surface area contributed by atoms with Gasteiger partial charge in [0, 0.05) is 6.42 Å². The van der Waals surface area contributed by atoms with Crippen LogP contribution in [0, 0.1) is 0 Å². The zero-order chi connectivity index (χ0) is 24.7. The van der Waals surface area contributed by atoms with Crippen LogP contribution in [0.3, 0.4) is 0 Å². The molecular formula is C26H34O8. The molecule has 1 fully saturated rings. The van der Waals surface area contributed by atoms with Gasteiger partial charge in [0.15, 0.2) is 11.9 Å². The lowest BCUT2D eigenvalue weighted by molar-refractivity contribution is -0.268. The van der Waals surface area contributed by atoms with Crippen LogP contribution in [0.25, 0.3) is 0 Å². The van der Waals surface area contributed by atoms with E-state index in [9.17, 15) is 25.2 Å². The van der Waals surface area contributed by atoms with Crippen molar-refractivity contribution in [2.45, 2.75) is 75.8 Å². The van der Waals surface area contributed by atoms with Gasteiger partial charge in [-0.1, -0.05) is 56.5 Å². The summed E-state index contributed by atoms with van der Waals surface area (Å²) in [6, 6.07) is 14.7. The molecule has 3 rings (SSSR count). The van der Waals surface area contributed by atoms with Crippen LogP contribution in [0.1, 0.15) is 43.7 Å². The molecule has 0 spiro atoms. The minimum Gasteiger partial charge on any atom is -0.497 e. The summed E-state index contributed by atoms with van der Waals surface area (Å²) in [5, 5.41) is 41.4. The van der Waals surface area contributed by atoms with Crippen molar-refractivity contribution in [1.82, 2.24) is 0 Å². The Labute approximate surface area is 199 Å². The Bertz CT molecular complexity index is 915. The van der Waals surface area contributed by atoms with Crippen LogP contribution >= 0.6 is 0 Å². The molecule has 2 aromatic rings. The molecule has 1 heterocycles. The van der Waals surface area contributed by atoms with Crippen molar-refractivity contribution in [1.29, 1.82) is 0 Å². The standard InChI is InChI=1S/C26H34O8/c1-3-4-5-9-19(27)21(28)25-23(30)22(29)24(31)26(34-25)33-20-10-7-6-8-17(20)15-16-11-13-18(32-2)14-12-16/h6-8,10-14,19,22-27,29-31H,3-5,9,15H2,1-2H3/t19?,22-,23-,24+,25+,26-/m0/s1. The van der Waals surface area contributed by atoms with Crippen molar-refractivity contribution < 1.29 is 39.4 Å². The van der Waals surface area contributed by atoms with Crippen LogP contribution in [-0.2, 0) is 16.0 Å². The highest BCUT2D eigenvalue weighted by Crippen LogP contribution is 2.29. The van der Waals surface area contributed by atoms with Crippen LogP contribution in [0.2, 0.25) is 0 Å². The third-order valence-electron chi connectivity index (χ3n) is 6.03. The lowest BCUT2D eigenvalue weighted by Crippen LogP contribution is -2.62. The van der Waals surface area contributed by atoms with E-state index in [0.29, 0.717) is 18.6 Å². The number of para-hydroxylation sites is 1. The number of ether oxygens (including phenoxy) is 3. The second-order valence-electron chi connectivity index (χ2n) is 8.56. The fraction of sp³-hybridized carbons (Fsp3) is 0.500. The number of aliphatic hydroxyl groups excluding tert-OH is 4. The number of hydrogen-bond donors (Lipinski definition) is 4. The zero-order valence-corrected chi connectivity index (χ0v) is 19.5. The predicted octanol–water partition coefficient (Wildman–Crippen LogP) is 1.98. The highest BCUT2D eigenvalue weighted by atomic mass is 16.7. The monoisotopic (exact) mass is 474 g/mol. The highest BCUT2D eigenvalue weighted by Gasteiger charge is 2.49. The average Bonchev–Trinajstić information content (AvgIpc) is 2.85. The lowest BCUT2D eigenvalue weighted by atomic mass is 9.92.